The van der Waals surface area contributed by atoms with Crippen LogP contribution in [0.4, 0.5) is 0 Å². The lowest BCUT2D eigenvalue weighted by Gasteiger charge is -2.18. The molecule has 2 atom stereocenters. The van der Waals surface area contributed by atoms with E-state index in [-0.39, 0.29) is 41.5 Å². The molecule has 0 aromatic heterocycles. The molecule has 2 unspecified atom stereocenters. The number of aromatic hydroxyl groups is 1. The fraction of sp³-hybridized carbons (Fsp3) is 0.630. The van der Waals surface area contributed by atoms with E-state index in [1.54, 1.807) is 0 Å². The predicted molar refractivity (Wildman–Crippen MR) is 133 cm³/mol. The second-order valence-electron chi connectivity index (χ2n) is 8.42. The van der Waals surface area contributed by atoms with Crippen molar-refractivity contribution < 1.29 is 33.6 Å². The summed E-state index contributed by atoms with van der Waals surface area (Å²) in [5.74, 6) is -1.06. The predicted octanol–water partition coefficient (Wildman–Crippen LogP) is 6.06. The van der Waals surface area contributed by atoms with Crippen LogP contribution in [0.3, 0.4) is 0 Å². The molecule has 0 fully saturated rings. The minimum Gasteiger partial charge on any atom is -0.502 e. The molecule has 7 heteroatoms. The number of benzene rings is 1. The second kappa shape index (κ2) is 16.0. The van der Waals surface area contributed by atoms with E-state index >= 15 is 0 Å². The van der Waals surface area contributed by atoms with Gasteiger partial charge < -0.3 is 24.1 Å². The molecule has 7 nitrogen and oxygen atoms in total. The number of unbranched alkanes of at least 4 members (excludes halogenated alkanes) is 2. The molecule has 0 bridgehead atoms. The van der Waals surface area contributed by atoms with E-state index in [9.17, 15) is 14.7 Å². The van der Waals surface area contributed by atoms with Crippen LogP contribution in [0.1, 0.15) is 84.6 Å². The van der Waals surface area contributed by atoms with E-state index < -0.39 is 11.9 Å². The fourth-order valence-corrected chi connectivity index (χ4v) is 3.53. The summed E-state index contributed by atoms with van der Waals surface area (Å²) in [7, 11) is 2.82. The van der Waals surface area contributed by atoms with Gasteiger partial charge >= 0.3 is 11.9 Å². The second-order valence-corrected chi connectivity index (χ2v) is 8.42. The van der Waals surface area contributed by atoms with Gasteiger partial charge in [0.05, 0.1) is 20.8 Å². The van der Waals surface area contributed by atoms with Crippen LogP contribution >= 0.6 is 0 Å². The molecule has 34 heavy (non-hydrogen) atoms. The smallest absolute Gasteiger partial charge is 0.345 e. The third-order valence-corrected chi connectivity index (χ3v) is 5.86. The molecule has 192 valence electrons. The van der Waals surface area contributed by atoms with Gasteiger partial charge in [-0.15, -0.1) is 0 Å². The first kappa shape index (κ1) is 29.3. The molecule has 0 amide bonds. The monoisotopic (exact) mass is 478 g/mol. The van der Waals surface area contributed by atoms with Crippen LogP contribution in [0.5, 0.6) is 17.2 Å². The number of phenolic OH excluding ortho intramolecular Hbond substituents is 1. The van der Waals surface area contributed by atoms with Crippen molar-refractivity contribution in [2.24, 2.45) is 5.92 Å². The molecule has 0 spiro atoms. The molecule has 0 aliphatic rings. The fourth-order valence-electron chi connectivity index (χ4n) is 3.53. The number of rotatable bonds is 16. The minimum absolute atomic E-state index is 0.159. The van der Waals surface area contributed by atoms with Gasteiger partial charge in [-0.1, -0.05) is 59.8 Å². The lowest BCUT2D eigenvalue weighted by Crippen LogP contribution is -2.25. The van der Waals surface area contributed by atoms with Gasteiger partial charge in [0.2, 0.25) is 5.75 Å². The zero-order valence-corrected chi connectivity index (χ0v) is 21.6. The average Bonchev–Trinajstić information content (AvgIpc) is 2.85. The van der Waals surface area contributed by atoms with Crippen LogP contribution < -0.4 is 9.47 Å². The van der Waals surface area contributed by atoms with Crippen molar-refractivity contribution in [1.29, 1.82) is 0 Å². The highest BCUT2D eigenvalue weighted by molar-refractivity contribution is 6.17. The molecule has 0 saturated carbocycles. The van der Waals surface area contributed by atoms with Crippen LogP contribution in [0.25, 0.3) is 6.08 Å². The molecule has 1 rings (SSSR count). The number of esters is 2. The maximum atomic E-state index is 13.1. The molecule has 0 aliphatic carbocycles. The van der Waals surface area contributed by atoms with Crippen molar-refractivity contribution in [3.63, 3.8) is 0 Å². The SMILES string of the molecule is CCCCC(CC)COC(=O)/C(=C\c1cc(OC)c(O)c(OC)c1)C(=O)OC(CC)CCCC. The van der Waals surface area contributed by atoms with Gasteiger partial charge in [0.1, 0.15) is 11.7 Å². The number of ether oxygens (including phenoxy) is 4. The third kappa shape index (κ3) is 9.27. The number of hydrogen-bond donors (Lipinski definition) is 1. The van der Waals surface area contributed by atoms with Gasteiger partial charge in [-0.3, -0.25) is 0 Å². The summed E-state index contributed by atoms with van der Waals surface area (Å²) in [6.07, 6.45) is 8.41. The maximum absolute atomic E-state index is 13.1. The molecule has 0 heterocycles. The van der Waals surface area contributed by atoms with E-state index in [1.165, 1.54) is 32.4 Å². The van der Waals surface area contributed by atoms with Crippen molar-refractivity contribution in [1.82, 2.24) is 0 Å². The molecule has 1 aromatic rings. The Morgan fingerprint density at radius 3 is 2.00 bits per heavy atom. The highest BCUT2D eigenvalue weighted by Gasteiger charge is 2.25. The Morgan fingerprint density at radius 1 is 0.912 bits per heavy atom. The summed E-state index contributed by atoms with van der Waals surface area (Å²) in [5.41, 5.74) is 0.241. The summed E-state index contributed by atoms with van der Waals surface area (Å²) in [4.78, 5) is 26.1. The Kier molecular flexibility index (Phi) is 13.8. The lowest BCUT2D eigenvalue weighted by molar-refractivity contribution is -0.151. The van der Waals surface area contributed by atoms with Gasteiger partial charge in [0.25, 0.3) is 0 Å². The van der Waals surface area contributed by atoms with Gasteiger partial charge in [-0.25, -0.2) is 9.59 Å². The van der Waals surface area contributed by atoms with E-state index in [1.807, 2.05) is 6.92 Å². The van der Waals surface area contributed by atoms with Gasteiger partial charge in [-0.2, -0.15) is 0 Å². The number of methoxy groups -OCH3 is 2. The van der Waals surface area contributed by atoms with Crippen LogP contribution in [-0.2, 0) is 19.1 Å². The highest BCUT2D eigenvalue weighted by Crippen LogP contribution is 2.37. The molecule has 1 N–H and O–H groups in total. The first-order chi connectivity index (χ1) is 16.3. The molecule has 0 saturated heterocycles. The Bertz CT molecular complexity index is 775. The standard InChI is InChI=1S/C27H42O7/c1-7-11-13-19(9-3)18-33-26(29)22(27(30)34-21(10-4)14-12-8-2)15-20-16-23(31-5)25(28)24(17-20)32-6/h15-17,19,21,28H,7-14,18H2,1-6H3/b22-15+. The Hall–Kier alpha value is -2.70. The number of hydrogen-bond acceptors (Lipinski definition) is 7. The van der Waals surface area contributed by atoms with Crippen molar-refractivity contribution in [2.45, 2.75) is 85.2 Å². The first-order valence-electron chi connectivity index (χ1n) is 12.4. The summed E-state index contributed by atoms with van der Waals surface area (Å²) in [5, 5.41) is 10.2. The zero-order chi connectivity index (χ0) is 25.5. The zero-order valence-electron chi connectivity index (χ0n) is 21.6. The maximum Gasteiger partial charge on any atom is 0.345 e. The summed E-state index contributed by atoms with van der Waals surface area (Å²) < 4.78 is 21.6. The Morgan fingerprint density at radius 2 is 1.50 bits per heavy atom. The molecule has 0 aliphatic heterocycles. The third-order valence-electron chi connectivity index (χ3n) is 5.86. The van der Waals surface area contributed by atoms with Gasteiger partial charge in [-0.05, 0) is 49.0 Å². The van der Waals surface area contributed by atoms with Crippen molar-refractivity contribution in [3.05, 3.63) is 23.3 Å². The average molecular weight is 479 g/mol. The van der Waals surface area contributed by atoms with E-state index in [0.717, 1.165) is 44.9 Å². The normalized spacial score (nSPS) is 13.2. The van der Waals surface area contributed by atoms with E-state index in [0.29, 0.717) is 12.0 Å². The number of carbonyl (C=O) groups is 2. The van der Waals surface area contributed by atoms with Crippen molar-refractivity contribution in [3.8, 4) is 17.2 Å². The van der Waals surface area contributed by atoms with Crippen LogP contribution in [0.15, 0.2) is 17.7 Å². The first-order valence-corrected chi connectivity index (χ1v) is 12.4. The molecular weight excluding hydrogens is 436 g/mol. The van der Waals surface area contributed by atoms with Gasteiger partial charge in [0.15, 0.2) is 11.5 Å². The minimum atomic E-state index is -0.726. The molecule has 1 aromatic carbocycles. The van der Waals surface area contributed by atoms with Crippen LogP contribution in [-0.4, -0.2) is 44.0 Å². The van der Waals surface area contributed by atoms with Crippen LogP contribution in [0, 0.1) is 5.92 Å². The quantitative estimate of drug-likeness (QED) is 0.134. The van der Waals surface area contributed by atoms with E-state index in [4.69, 9.17) is 18.9 Å². The van der Waals surface area contributed by atoms with Crippen molar-refractivity contribution in [2.75, 3.05) is 20.8 Å². The van der Waals surface area contributed by atoms with E-state index in [2.05, 4.69) is 20.8 Å². The topological polar surface area (TPSA) is 91.3 Å². The number of phenols is 1. The lowest BCUT2D eigenvalue weighted by atomic mass is 10.0. The Balaban J connectivity index is 3.26. The van der Waals surface area contributed by atoms with Crippen molar-refractivity contribution >= 4 is 18.0 Å². The largest absolute Gasteiger partial charge is 0.502 e. The summed E-state index contributed by atoms with van der Waals surface area (Å²) in [6, 6.07) is 3.03. The number of carbonyl (C=O) groups excluding carboxylic acids is 2. The summed E-state index contributed by atoms with van der Waals surface area (Å²) in [6.45, 7) is 8.46. The molecular formula is C27H42O7. The molecule has 0 radical (unpaired) electrons. The van der Waals surface area contributed by atoms with Crippen LogP contribution in [0.2, 0.25) is 0 Å². The Labute approximate surface area is 204 Å². The summed E-state index contributed by atoms with van der Waals surface area (Å²) >= 11 is 0. The highest BCUT2D eigenvalue weighted by atomic mass is 16.6. The van der Waals surface area contributed by atoms with Gasteiger partial charge in [0, 0.05) is 0 Å².